The van der Waals surface area contributed by atoms with Crippen LogP contribution in [0.25, 0.3) is 0 Å². The van der Waals surface area contributed by atoms with Crippen LogP contribution in [0.5, 0.6) is 0 Å². The maximum absolute atomic E-state index is 13.6. The van der Waals surface area contributed by atoms with Crippen LogP contribution < -0.4 is 0 Å². The van der Waals surface area contributed by atoms with Gasteiger partial charge in [0.1, 0.15) is 24.4 Å². The van der Waals surface area contributed by atoms with E-state index in [-0.39, 0.29) is 16.2 Å². The van der Waals surface area contributed by atoms with E-state index in [0.717, 1.165) is 41.3 Å². The zero-order valence-corrected chi connectivity index (χ0v) is 43.2. The van der Waals surface area contributed by atoms with Gasteiger partial charge in [-0.25, -0.2) is 0 Å². The standard InChI is InChI=1S/C45H62O16S4Si/c1-29-16-20-34(21-17-29)64(48,49)53-27-37-40(55-31(3)46)36(26-39(57-37)52-24-25-66(8,9)10)58-44-43(60-62-33-14-12-11-13-15-33)42(61-63-45(5,6)7)41(56-32(4)47)38(59-44)28-54-65(50,51)35-22-18-30(2)19-23-35/h11-23,36-44H,24-28H2,1-10H3/t36-,37-,38-,39-,40+,41-,42+,43-,44-/m1/s1. The van der Waals surface area contributed by atoms with E-state index in [4.69, 9.17) is 45.2 Å². The third-order valence-electron chi connectivity index (χ3n) is 9.95. The van der Waals surface area contributed by atoms with Gasteiger partial charge in [-0.2, -0.15) is 16.8 Å². The van der Waals surface area contributed by atoms with Crippen LogP contribution in [0.3, 0.4) is 0 Å². The van der Waals surface area contributed by atoms with Crippen molar-refractivity contribution in [3.63, 3.8) is 0 Å². The Morgan fingerprint density at radius 3 is 1.71 bits per heavy atom. The Morgan fingerprint density at radius 1 is 0.697 bits per heavy atom. The summed E-state index contributed by atoms with van der Waals surface area (Å²) in [7, 11) is -10.3. The van der Waals surface area contributed by atoms with Gasteiger partial charge in [-0.05, 0) is 89.1 Å². The molecule has 0 spiro atoms. The molecule has 3 aromatic rings. The predicted molar refractivity (Wildman–Crippen MR) is 250 cm³/mol. The van der Waals surface area contributed by atoms with Crippen molar-refractivity contribution in [2.45, 2.75) is 155 Å². The molecule has 5 rings (SSSR count). The van der Waals surface area contributed by atoms with E-state index in [2.05, 4.69) is 19.6 Å². The molecule has 366 valence electrons. The zero-order chi connectivity index (χ0) is 48.5. The Kier molecular flexibility index (Phi) is 19.3. The molecule has 2 fully saturated rings. The quantitative estimate of drug-likeness (QED) is 0.0434. The molecule has 9 atom stereocenters. The lowest BCUT2D eigenvalue weighted by Gasteiger charge is -2.47. The van der Waals surface area contributed by atoms with Crippen molar-refractivity contribution in [3.8, 4) is 0 Å². The van der Waals surface area contributed by atoms with Gasteiger partial charge in [0.15, 0.2) is 30.9 Å². The third-order valence-corrected chi connectivity index (χ3v) is 15.8. The molecule has 0 amide bonds. The van der Waals surface area contributed by atoms with E-state index in [0.29, 0.717) is 11.5 Å². The molecule has 0 aliphatic carbocycles. The van der Waals surface area contributed by atoms with Crippen LogP contribution >= 0.6 is 24.1 Å². The number of hydrogen-bond donors (Lipinski definition) is 0. The van der Waals surface area contributed by atoms with Gasteiger partial charge in [-0.1, -0.05) is 73.2 Å². The number of benzene rings is 3. The third kappa shape index (κ3) is 16.7. The van der Waals surface area contributed by atoms with Gasteiger partial charge < -0.3 is 32.6 Å². The maximum atomic E-state index is 13.6. The molecule has 0 saturated carbocycles. The summed E-state index contributed by atoms with van der Waals surface area (Å²) in [6, 6.07) is 22.1. The normalized spacial score (nSPS) is 25.3. The number of carbonyl (C=O) groups is 2. The van der Waals surface area contributed by atoms with Crippen molar-refractivity contribution < 1.29 is 71.6 Å². The summed E-state index contributed by atoms with van der Waals surface area (Å²) in [5.41, 5.74) is 1.68. The van der Waals surface area contributed by atoms with E-state index < -0.39 is 114 Å². The molecule has 2 saturated heterocycles. The van der Waals surface area contributed by atoms with Crippen LogP contribution in [0.2, 0.25) is 25.7 Å². The second-order valence-corrected chi connectivity index (χ2v) is 29.5. The second kappa shape index (κ2) is 23.6. The largest absolute Gasteiger partial charge is 0.457 e. The molecule has 3 aromatic carbocycles. The summed E-state index contributed by atoms with van der Waals surface area (Å²) in [5, 5.41) is 0. The van der Waals surface area contributed by atoms with Crippen molar-refractivity contribution in [3.05, 3.63) is 90.0 Å². The molecule has 0 radical (unpaired) electrons. The molecular weight excluding hydrogens is 953 g/mol. The molecule has 2 aliphatic heterocycles. The summed E-state index contributed by atoms with van der Waals surface area (Å²) < 4.78 is 115. The summed E-state index contributed by atoms with van der Waals surface area (Å²) in [6.07, 6.45) is -11.4. The van der Waals surface area contributed by atoms with E-state index in [9.17, 15) is 26.4 Å². The van der Waals surface area contributed by atoms with Gasteiger partial charge in [0, 0.05) is 56.6 Å². The van der Waals surface area contributed by atoms with E-state index in [1.54, 1.807) is 24.3 Å². The topological polar surface area (TPSA) is 195 Å². The Balaban J connectivity index is 1.56. The number of esters is 2. The molecule has 21 heteroatoms. The Labute approximate surface area is 399 Å². The molecule has 0 aromatic heterocycles. The van der Waals surface area contributed by atoms with E-state index in [1.807, 2.05) is 65.0 Å². The van der Waals surface area contributed by atoms with Crippen molar-refractivity contribution in [1.29, 1.82) is 0 Å². The summed E-state index contributed by atoms with van der Waals surface area (Å²) >= 11 is 2.04. The van der Waals surface area contributed by atoms with Crippen molar-refractivity contribution in [2.24, 2.45) is 0 Å². The number of ether oxygens (including phenoxy) is 6. The first-order chi connectivity index (χ1) is 30.9. The molecular formula is C45H62O16S4Si. The average molecular weight is 1020 g/mol. The predicted octanol–water partition coefficient (Wildman–Crippen LogP) is 7.78. The minimum absolute atomic E-state index is 0.0537. The van der Waals surface area contributed by atoms with Gasteiger partial charge in [-0.3, -0.25) is 22.1 Å². The van der Waals surface area contributed by atoms with E-state index >= 15 is 0 Å². The summed E-state index contributed by atoms with van der Waals surface area (Å²) in [5.74, 6) is -1.46. The minimum atomic E-state index is -4.38. The van der Waals surface area contributed by atoms with Crippen LogP contribution in [0, 0.1) is 13.8 Å². The lowest BCUT2D eigenvalue weighted by Crippen LogP contribution is -2.63. The average Bonchev–Trinajstić information content (AvgIpc) is 3.22. The summed E-state index contributed by atoms with van der Waals surface area (Å²) in [4.78, 5) is 26.2. The maximum Gasteiger partial charge on any atom is 0.303 e. The fourth-order valence-corrected chi connectivity index (χ4v) is 10.5. The number of hydrogen-bond acceptors (Lipinski definition) is 18. The van der Waals surface area contributed by atoms with Crippen LogP contribution in [0.1, 0.15) is 52.2 Å². The monoisotopic (exact) mass is 1010 g/mol. The molecule has 2 aliphatic rings. The van der Waals surface area contributed by atoms with Crippen LogP contribution in [0.4, 0.5) is 0 Å². The van der Waals surface area contributed by atoms with Gasteiger partial charge in [-0.15, -0.1) is 0 Å². The second-order valence-electron chi connectivity index (χ2n) is 18.2. The lowest BCUT2D eigenvalue weighted by atomic mass is 9.97. The van der Waals surface area contributed by atoms with Gasteiger partial charge in [0.25, 0.3) is 20.2 Å². The smallest absolute Gasteiger partial charge is 0.303 e. The van der Waals surface area contributed by atoms with Gasteiger partial charge in [0.2, 0.25) is 0 Å². The zero-order valence-electron chi connectivity index (χ0n) is 38.9. The highest BCUT2D eigenvalue weighted by Gasteiger charge is 2.54. The Hall–Kier alpha value is -2.90. The Morgan fingerprint density at radius 2 is 1.21 bits per heavy atom. The first kappa shape index (κ1) is 54.0. The fraction of sp³-hybridized carbons (Fsp3) is 0.556. The molecule has 0 unspecified atom stereocenters. The first-order valence-corrected chi connectivity index (χ1v) is 29.5. The first-order valence-electron chi connectivity index (χ1n) is 21.5. The lowest BCUT2D eigenvalue weighted by molar-refractivity contribution is -0.332. The van der Waals surface area contributed by atoms with Crippen molar-refractivity contribution in [2.75, 3.05) is 19.8 Å². The highest BCUT2D eigenvalue weighted by molar-refractivity contribution is 7.96. The summed E-state index contributed by atoms with van der Waals surface area (Å²) in [6.45, 7) is 17.3. The number of aryl methyl sites for hydroxylation is 2. The molecule has 0 N–H and O–H groups in total. The van der Waals surface area contributed by atoms with Crippen molar-refractivity contribution >= 4 is 64.3 Å². The molecule has 66 heavy (non-hydrogen) atoms. The molecule has 2 heterocycles. The number of rotatable bonds is 21. The minimum Gasteiger partial charge on any atom is -0.457 e. The highest BCUT2D eigenvalue weighted by atomic mass is 32.2. The highest BCUT2D eigenvalue weighted by Crippen LogP contribution is 2.40. The van der Waals surface area contributed by atoms with Crippen LogP contribution in [-0.4, -0.2) is 117 Å². The van der Waals surface area contributed by atoms with E-state index in [1.165, 1.54) is 38.1 Å². The molecule has 16 nitrogen and oxygen atoms in total. The SMILES string of the molecule is CC(=O)O[C@@H]1[C@@H](COS(=O)(=O)c2ccc(C)cc2)O[C@@H](OCC[Si](C)(C)C)C[C@H]1O[C@@H]1O[C@H](COS(=O)(=O)c2ccc(C)cc2)[C@@H](OC(C)=O)[C@H](OSC(C)(C)C)[C@H]1OSc1ccccc1. The van der Waals surface area contributed by atoms with Crippen molar-refractivity contribution in [1.82, 2.24) is 0 Å². The Bertz CT molecular complexity index is 2250. The number of carbonyl (C=O) groups excluding carboxylic acids is 2. The molecule has 0 bridgehead atoms. The fourth-order valence-electron chi connectivity index (χ4n) is 6.59. The van der Waals surface area contributed by atoms with Crippen LogP contribution in [-0.2, 0) is 75.0 Å². The van der Waals surface area contributed by atoms with Crippen LogP contribution in [0.15, 0.2) is 93.5 Å². The van der Waals surface area contributed by atoms with Gasteiger partial charge >= 0.3 is 11.9 Å². The van der Waals surface area contributed by atoms with Gasteiger partial charge in [0.05, 0.1) is 23.0 Å².